The molecule has 0 amide bonds. The minimum Gasteiger partial charge on any atom is -0.369 e. The van der Waals surface area contributed by atoms with Gasteiger partial charge in [0.1, 0.15) is 11.6 Å². The molecule has 2 aromatic heterocycles. The van der Waals surface area contributed by atoms with Gasteiger partial charge in [0.05, 0.1) is 0 Å². The van der Waals surface area contributed by atoms with Crippen LogP contribution in [0.15, 0.2) is 53.7 Å². The van der Waals surface area contributed by atoms with Crippen LogP contribution in [0.5, 0.6) is 0 Å². The highest BCUT2D eigenvalue weighted by Gasteiger charge is 2.21. The Morgan fingerprint density at radius 2 is 2.13 bits per heavy atom. The molecule has 0 aliphatic carbocycles. The SMILES string of the molecule is CN=C(NCCCc1nnc2ccccn12)NC1CCCN(c2cccc(F)c2)C1.I. The second kappa shape index (κ2) is 11.3. The molecule has 7 nitrogen and oxygen atoms in total. The lowest BCUT2D eigenvalue weighted by Gasteiger charge is -2.35. The van der Waals surface area contributed by atoms with E-state index in [4.69, 9.17) is 0 Å². The number of hydrogen-bond donors (Lipinski definition) is 2. The van der Waals surface area contributed by atoms with Gasteiger partial charge in [-0.1, -0.05) is 12.1 Å². The number of pyridine rings is 1. The highest BCUT2D eigenvalue weighted by molar-refractivity contribution is 14.0. The standard InChI is InChI=1S/C22H28FN7.HI/c1-24-22(25-12-5-11-21-28-27-20-10-2-3-14-30(20)21)26-18-8-6-13-29(16-18)19-9-4-7-17(23)15-19;/h2-4,7,9-10,14-15,18H,5-6,8,11-13,16H2,1H3,(H2,24,25,26);1H. The molecular formula is C22H29FIN7. The summed E-state index contributed by atoms with van der Waals surface area (Å²) >= 11 is 0. The summed E-state index contributed by atoms with van der Waals surface area (Å²) in [7, 11) is 1.79. The molecule has 9 heteroatoms. The number of anilines is 1. The number of benzene rings is 1. The normalized spacial score (nSPS) is 16.8. The highest BCUT2D eigenvalue weighted by atomic mass is 127. The highest BCUT2D eigenvalue weighted by Crippen LogP contribution is 2.20. The van der Waals surface area contributed by atoms with E-state index >= 15 is 0 Å². The molecule has 1 fully saturated rings. The fraction of sp³-hybridized carbons (Fsp3) is 0.409. The summed E-state index contributed by atoms with van der Waals surface area (Å²) in [5.74, 6) is 1.57. The number of aromatic nitrogens is 3. The molecule has 2 N–H and O–H groups in total. The molecule has 0 saturated carbocycles. The first-order valence-electron chi connectivity index (χ1n) is 10.5. The van der Waals surface area contributed by atoms with Gasteiger partial charge in [0.25, 0.3) is 0 Å². The summed E-state index contributed by atoms with van der Waals surface area (Å²) in [6, 6.07) is 13.0. The Kier molecular flexibility index (Phi) is 8.44. The number of hydrogen-bond acceptors (Lipinski definition) is 4. The van der Waals surface area contributed by atoms with Gasteiger partial charge in [0.2, 0.25) is 0 Å². The van der Waals surface area contributed by atoms with E-state index in [2.05, 4.69) is 30.7 Å². The smallest absolute Gasteiger partial charge is 0.191 e. The number of nitrogens with one attached hydrogen (secondary N) is 2. The lowest BCUT2D eigenvalue weighted by Crippen LogP contribution is -2.51. The van der Waals surface area contributed by atoms with E-state index in [0.717, 1.165) is 68.4 Å². The summed E-state index contributed by atoms with van der Waals surface area (Å²) in [5.41, 5.74) is 1.81. The monoisotopic (exact) mass is 537 g/mol. The number of aliphatic imine (C=N–C) groups is 1. The van der Waals surface area contributed by atoms with Gasteiger partial charge in [-0.15, -0.1) is 34.2 Å². The summed E-state index contributed by atoms with van der Waals surface area (Å²) in [6.07, 6.45) is 5.89. The van der Waals surface area contributed by atoms with E-state index in [1.54, 1.807) is 19.2 Å². The molecule has 0 spiro atoms. The van der Waals surface area contributed by atoms with Gasteiger partial charge in [0, 0.05) is 51.0 Å². The van der Waals surface area contributed by atoms with E-state index < -0.39 is 0 Å². The van der Waals surface area contributed by atoms with Gasteiger partial charge in [-0.3, -0.25) is 9.39 Å². The van der Waals surface area contributed by atoms with Crippen LogP contribution in [-0.4, -0.2) is 53.3 Å². The van der Waals surface area contributed by atoms with Crippen molar-refractivity contribution in [3.63, 3.8) is 0 Å². The number of guanidine groups is 1. The molecule has 1 aliphatic heterocycles. The lowest BCUT2D eigenvalue weighted by molar-refractivity contribution is 0.467. The van der Waals surface area contributed by atoms with Crippen molar-refractivity contribution in [2.45, 2.75) is 31.7 Å². The second-order valence-corrected chi connectivity index (χ2v) is 7.56. The molecule has 1 saturated heterocycles. The van der Waals surface area contributed by atoms with Crippen molar-refractivity contribution >= 4 is 41.3 Å². The molecule has 0 radical (unpaired) electrons. The summed E-state index contributed by atoms with van der Waals surface area (Å²) in [5, 5.41) is 15.4. The fourth-order valence-corrected chi connectivity index (χ4v) is 3.90. The minimum absolute atomic E-state index is 0. The van der Waals surface area contributed by atoms with Crippen LogP contribution in [0.25, 0.3) is 5.65 Å². The molecule has 3 heterocycles. The van der Waals surface area contributed by atoms with E-state index in [-0.39, 0.29) is 35.8 Å². The van der Waals surface area contributed by atoms with E-state index in [1.165, 1.54) is 6.07 Å². The van der Waals surface area contributed by atoms with Crippen molar-refractivity contribution in [3.05, 3.63) is 60.3 Å². The average Bonchev–Trinajstić information content (AvgIpc) is 3.19. The van der Waals surface area contributed by atoms with Crippen LogP contribution in [0, 0.1) is 5.82 Å². The Hall–Kier alpha value is -2.43. The molecule has 166 valence electrons. The Morgan fingerprint density at radius 3 is 2.97 bits per heavy atom. The number of piperidine rings is 1. The first-order valence-corrected chi connectivity index (χ1v) is 10.5. The Balaban J connectivity index is 0.00000272. The van der Waals surface area contributed by atoms with Gasteiger partial charge in [0.15, 0.2) is 11.6 Å². The average molecular weight is 537 g/mol. The van der Waals surface area contributed by atoms with E-state index in [1.807, 2.05) is 34.9 Å². The van der Waals surface area contributed by atoms with Crippen molar-refractivity contribution in [3.8, 4) is 0 Å². The maximum atomic E-state index is 13.6. The zero-order chi connectivity index (χ0) is 20.8. The molecule has 4 rings (SSSR count). The van der Waals surface area contributed by atoms with E-state index in [0.29, 0.717) is 0 Å². The molecule has 1 unspecified atom stereocenters. The first-order chi connectivity index (χ1) is 14.7. The van der Waals surface area contributed by atoms with Crippen molar-refractivity contribution in [1.82, 2.24) is 25.2 Å². The number of fused-ring (bicyclic) bond motifs is 1. The fourth-order valence-electron chi connectivity index (χ4n) is 3.90. The molecule has 1 aliphatic rings. The van der Waals surface area contributed by atoms with Crippen LogP contribution < -0.4 is 15.5 Å². The van der Waals surface area contributed by atoms with E-state index in [9.17, 15) is 4.39 Å². The molecule has 1 aromatic carbocycles. The van der Waals surface area contributed by atoms with Crippen LogP contribution in [-0.2, 0) is 6.42 Å². The number of rotatable bonds is 6. The lowest BCUT2D eigenvalue weighted by atomic mass is 10.0. The van der Waals surface area contributed by atoms with Crippen LogP contribution in [0.4, 0.5) is 10.1 Å². The maximum absolute atomic E-state index is 13.6. The topological polar surface area (TPSA) is 69.8 Å². The number of aryl methyl sites for hydroxylation is 1. The zero-order valence-corrected chi connectivity index (χ0v) is 20.0. The van der Waals surface area contributed by atoms with Crippen molar-refractivity contribution < 1.29 is 4.39 Å². The molecule has 0 bridgehead atoms. The molecule has 3 aromatic rings. The summed E-state index contributed by atoms with van der Waals surface area (Å²) < 4.78 is 15.6. The van der Waals surface area contributed by atoms with Gasteiger partial charge < -0.3 is 15.5 Å². The van der Waals surface area contributed by atoms with Crippen molar-refractivity contribution in [1.29, 1.82) is 0 Å². The van der Waals surface area contributed by atoms with Crippen molar-refractivity contribution in [2.24, 2.45) is 4.99 Å². The second-order valence-electron chi connectivity index (χ2n) is 7.56. The predicted molar refractivity (Wildman–Crippen MR) is 133 cm³/mol. The van der Waals surface area contributed by atoms with Gasteiger partial charge in [-0.05, 0) is 49.6 Å². The largest absolute Gasteiger partial charge is 0.369 e. The third kappa shape index (κ3) is 6.05. The zero-order valence-electron chi connectivity index (χ0n) is 17.7. The minimum atomic E-state index is -0.194. The van der Waals surface area contributed by atoms with Crippen LogP contribution in [0.3, 0.4) is 0 Å². The third-order valence-electron chi connectivity index (χ3n) is 5.41. The number of halogens is 2. The van der Waals surface area contributed by atoms with Crippen molar-refractivity contribution in [2.75, 3.05) is 31.6 Å². The third-order valence-corrected chi connectivity index (χ3v) is 5.41. The molecule has 1 atom stereocenters. The van der Waals surface area contributed by atoms with Crippen LogP contribution >= 0.6 is 24.0 Å². The predicted octanol–water partition coefficient (Wildman–Crippen LogP) is 3.25. The Bertz CT molecular complexity index is 1010. The Morgan fingerprint density at radius 1 is 1.23 bits per heavy atom. The van der Waals surface area contributed by atoms with Crippen LogP contribution in [0.1, 0.15) is 25.1 Å². The first kappa shape index (κ1) is 23.2. The van der Waals surface area contributed by atoms with Gasteiger partial charge in [-0.25, -0.2) is 4.39 Å². The van der Waals surface area contributed by atoms with Crippen LogP contribution in [0.2, 0.25) is 0 Å². The quantitative estimate of drug-likeness (QED) is 0.219. The van der Waals surface area contributed by atoms with Gasteiger partial charge >= 0.3 is 0 Å². The molecule has 31 heavy (non-hydrogen) atoms. The maximum Gasteiger partial charge on any atom is 0.191 e. The summed E-state index contributed by atoms with van der Waals surface area (Å²) in [4.78, 5) is 6.59. The Labute approximate surface area is 199 Å². The molecular weight excluding hydrogens is 508 g/mol. The van der Waals surface area contributed by atoms with Gasteiger partial charge in [-0.2, -0.15) is 0 Å². The summed E-state index contributed by atoms with van der Waals surface area (Å²) in [6.45, 7) is 2.57. The number of nitrogens with zero attached hydrogens (tertiary/aromatic N) is 5.